The number of carbonyl (C=O) groups is 2. The SMILES string of the molecule is O=C(O)[C@@H]1CN(C(=O)c2cn[nH]c2-c2cccc(Cl)c2)C[C@H]1C(F)(F)F. The van der Waals surface area contributed by atoms with Gasteiger partial charge in [-0.3, -0.25) is 14.7 Å². The van der Waals surface area contributed by atoms with Crippen LogP contribution >= 0.6 is 11.6 Å². The Bertz CT molecular complexity index is 853. The van der Waals surface area contributed by atoms with Crippen molar-refractivity contribution in [2.75, 3.05) is 13.1 Å². The Kier molecular flexibility index (Phi) is 4.66. The molecular formula is C16H13ClF3N3O3. The van der Waals surface area contributed by atoms with Crippen molar-refractivity contribution >= 4 is 23.5 Å². The van der Waals surface area contributed by atoms with Crippen molar-refractivity contribution in [1.82, 2.24) is 15.1 Å². The van der Waals surface area contributed by atoms with E-state index in [9.17, 15) is 22.8 Å². The third-order valence-corrected chi connectivity index (χ3v) is 4.56. The summed E-state index contributed by atoms with van der Waals surface area (Å²) in [7, 11) is 0. The number of aromatic amines is 1. The van der Waals surface area contributed by atoms with Gasteiger partial charge in [-0.15, -0.1) is 0 Å². The molecule has 0 unspecified atom stereocenters. The van der Waals surface area contributed by atoms with Crippen LogP contribution < -0.4 is 0 Å². The van der Waals surface area contributed by atoms with Gasteiger partial charge in [0.05, 0.1) is 29.3 Å². The van der Waals surface area contributed by atoms with Crippen LogP contribution in [-0.4, -0.2) is 51.3 Å². The minimum Gasteiger partial charge on any atom is -0.481 e. The zero-order valence-corrected chi connectivity index (χ0v) is 13.9. The Labute approximate surface area is 150 Å². The van der Waals surface area contributed by atoms with Crippen molar-refractivity contribution in [1.29, 1.82) is 0 Å². The van der Waals surface area contributed by atoms with Crippen molar-refractivity contribution in [3.8, 4) is 11.3 Å². The highest BCUT2D eigenvalue weighted by Gasteiger charge is 2.53. The lowest BCUT2D eigenvalue weighted by molar-refractivity contribution is -0.187. The number of aromatic nitrogens is 2. The normalized spacial score (nSPS) is 20.4. The smallest absolute Gasteiger partial charge is 0.394 e. The molecule has 3 rings (SSSR count). The number of H-pyrrole nitrogens is 1. The molecule has 10 heteroatoms. The summed E-state index contributed by atoms with van der Waals surface area (Å²) in [6.07, 6.45) is -3.50. The van der Waals surface area contributed by atoms with E-state index < -0.39 is 43.0 Å². The second-order valence-corrected chi connectivity index (χ2v) is 6.41. The van der Waals surface area contributed by atoms with Crippen LogP contribution in [0.4, 0.5) is 13.2 Å². The Morgan fingerprint density at radius 3 is 2.62 bits per heavy atom. The number of nitrogens with zero attached hydrogens (tertiary/aromatic N) is 2. The number of hydrogen-bond acceptors (Lipinski definition) is 3. The molecule has 0 aliphatic carbocycles. The van der Waals surface area contributed by atoms with Crippen LogP contribution in [0.2, 0.25) is 5.02 Å². The van der Waals surface area contributed by atoms with E-state index in [1.54, 1.807) is 24.3 Å². The number of benzene rings is 1. The molecule has 0 bridgehead atoms. The summed E-state index contributed by atoms with van der Waals surface area (Å²) < 4.78 is 39.3. The predicted octanol–water partition coefficient (Wildman–Crippen LogP) is 3.07. The summed E-state index contributed by atoms with van der Waals surface area (Å²) in [5, 5.41) is 15.9. The van der Waals surface area contributed by atoms with Gasteiger partial charge in [-0.25, -0.2) is 0 Å². The van der Waals surface area contributed by atoms with Crippen LogP contribution in [0.25, 0.3) is 11.3 Å². The molecule has 2 heterocycles. The maximum Gasteiger partial charge on any atom is 0.394 e. The molecule has 1 fully saturated rings. The molecule has 1 aliphatic rings. The summed E-state index contributed by atoms with van der Waals surface area (Å²) in [6, 6.07) is 6.53. The lowest BCUT2D eigenvalue weighted by Crippen LogP contribution is -2.34. The van der Waals surface area contributed by atoms with E-state index in [2.05, 4.69) is 10.2 Å². The van der Waals surface area contributed by atoms with E-state index in [1.807, 2.05) is 0 Å². The number of carboxylic acids is 1. The number of nitrogens with one attached hydrogen (secondary N) is 1. The average molecular weight is 388 g/mol. The molecule has 0 saturated carbocycles. The number of likely N-dealkylation sites (tertiary alicyclic amines) is 1. The minimum atomic E-state index is -4.70. The van der Waals surface area contributed by atoms with Gasteiger partial charge in [0.2, 0.25) is 0 Å². The van der Waals surface area contributed by atoms with E-state index >= 15 is 0 Å². The lowest BCUT2D eigenvalue weighted by Gasteiger charge is -2.18. The molecule has 2 N–H and O–H groups in total. The van der Waals surface area contributed by atoms with Gasteiger partial charge in [-0.2, -0.15) is 18.3 Å². The van der Waals surface area contributed by atoms with Gasteiger partial charge >= 0.3 is 12.1 Å². The van der Waals surface area contributed by atoms with Gasteiger partial charge in [-0.05, 0) is 12.1 Å². The van der Waals surface area contributed by atoms with Crippen molar-refractivity contribution < 1.29 is 27.9 Å². The highest BCUT2D eigenvalue weighted by molar-refractivity contribution is 6.30. The first kappa shape index (κ1) is 18.2. The number of alkyl halides is 3. The molecular weight excluding hydrogens is 375 g/mol. The molecule has 1 aromatic heterocycles. The maximum atomic E-state index is 13.1. The topological polar surface area (TPSA) is 86.3 Å². The van der Waals surface area contributed by atoms with Crippen LogP contribution in [0.1, 0.15) is 10.4 Å². The number of hydrogen-bond donors (Lipinski definition) is 2. The molecule has 1 aliphatic heterocycles. The molecule has 138 valence electrons. The third kappa shape index (κ3) is 3.39. The first-order valence-electron chi connectivity index (χ1n) is 7.56. The molecule has 26 heavy (non-hydrogen) atoms. The zero-order chi connectivity index (χ0) is 19.1. The predicted molar refractivity (Wildman–Crippen MR) is 85.6 cm³/mol. The van der Waals surface area contributed by atoms with E-state index in [1.165, 1.54) is 6.20 Å². The molecule has 2 aromatic rings. The van der Waals surface area contributed by atoms with Gasteiger partial charge in [0.25, 0.3) is 5.91 Å². The second kappa shape index (κ2) is 6.64. The fraction of sp³-hybridized carbons (Fsp3) is 0.312. The summed E-state index contributed by atoms with van der Waals surface area (Å²) in [6.45, 7) is -1.22. The third-order valence-electron chi connectivity index (χ3n) is 4.33. The molecule has 1 amide bonds. The summed E-state index contributed by atoms with van der Waals surface area (Å²) in [5.41, 5.74) is 0.902. The fourth-order valence-corrected chi connectivity index (χ4v) is 3.22. The molecule has 0 radical (unpaired) electrons. The summed E-state index contributed by atoms with van der Waals surface area (Å²) >= 11 is 5.92. The Hall–Kier alpha value is -2.55. The largest absolute Gasteiger partial charge is 0.481 e. The van der Waals surface area contributed by atoms with E-state index in [0.717, 1.165) is 4.90 Å². The number of halogens is 4. The quantitative estimate of drug-likeness (QED) is 0.847. The first-order chi connectivity index (χ1) is 12.2. The molecule has 2 atom stereocenters. The van der Waals surface area contributed by atoms with Crippen LogP contribution in [-0.2, 0) is 4.79 Å². The van der Waals surface area contributed by atoms with E-state index in [0.29, 0.717) is 16.3 Å². The van der Waals surface area contributed by atoms with Gasteiger partial charge in [0.1, 0.15) is 0 Å². The zero-order valence-electron chi connectivity index (χ0n) is 13.1. The molecule has 1 saturated heterocycles. The number of aliphatic carboxylic acids is 1. The summed E-state index contributed by atoms with van der Waals surface area (Å²) in [5.74, 6) is -6.09. The molecule has 1 aromatic carbocycles. The van der Waals surface area contributed by atoms with Gasteiger partial charge in [0, 0.05) is 23.7 Å². The van der Waals surface area contributed by atoms with Crippen LogP contribution in [0.5, 0.6) is 0 Å². The Morgan fingerprint density at radius 1 is 1.31 bits per heavy atom. The highest BCUT2D eigenvalue weighted by Crippen LogP contribution is 2.38. The maximum absolute atomic E-state index is 13.1. The van der Waals surface area contributed by atoms with Gasteiger partial charge in [0.15, 0.2) is 0 Å². The van der Waals surface area contributed by atoms with Crippen LogP contribution in [0.3, 0.4) is 0 Å². The van der Waals surface area contributed by atoms with E-state index in [-0.39, 0.29) is 5.56 Å². The van der Waals surface area contributed by atoms with Crippen LogP contribution in [0.15, 0.2) is 30.5 Å². The van der Waals surface area contributed by atoms with Gasteiger partial charge in [-0.1, -0.05) is 23.7 Å². The fourth-order valence-electron chi connectivity index (χ4n) is 3.03. The monoisotopic (exact) mass is 387 g/mol. The van der Waals surface area contributed by atoms with Crippen molar-refractivity contribution in [3.63, 3.8) is 0 Å². The number of carbonyl (C=O) groups excluding carboxylic acids is 1. The minimum absolute atomic E-state index is 0.0548. The second-order valence-electron chi connectivity index (χ2n) is 5.97. The Balaban J connectivity index is 1.90. The van der Waals surface area contributed by atoms with Crippen molar-refractivity contribution in [2.45, 2.75) is 6.18 Å². The highest BCUT2D eigenvalue weighted by atomic mass is 35.5. The lowest BCUT2D eigenvalue weighted by atomic mass is 9.96. The standard InChI is InChI=1S/C16H13ClF3N3O3/c17-9-3-1-2-8(4-9)13-10(5-21-22-13)14(24)23-6-11(15(25)26)12(7-23)16(18,19)20/h1-5,11-12H,6-7H2,(H,21,22)(H,25,26)/t11-,12-/m1/s1. The average Bonchev–Trinajstić information content (AvgIpc) is 3.21. The van der Waals surface area contributed by atoms with Crippen LogP contribution in [0, 0.1) is 11.8 Å². The number of carboxylic acid groups (broad SMARTS) is 1. The summed E-state index contributed by atoms with van der Waals surface area (Å²) in [4.78, 5) is 24.8. The number of rotatable bonds is 3. The first-order valence-corrected chi connectivity index (χ1v) is 7.94. The van der Waals surface area contributed by atoms with Gasteiger partial charge < -0.3 is 10.0 Å². The van der Waals surface area contributed by atoms with Crippen molar-refractivity contribution in [2.24, 2.45) is 11.8 Å². The molecule has 6 nitrogen and oxygen atoms in total. The van der Waals surface area contributed by atoms with Crippen molar-refractivity contribution in [3.05, 3.63) is 41.0 Å². The van der Waals surface area contributed by atoms with E-state index in [4.69, 9.17) is 16.7 Å². The number of amides is 1. The molecule has 0 spiro atoms. The Morgan fingerprint density at radius 2 is 2.04 bits per heavy atom.